The first-order valence-corrected chi connectivity index (χ1v) is 6.55. The van der Waals surface area contributed by atoms with Crippen LogP contribution in [0.5, 0.6) is 0 Å². The molecule has 1 atom stereocenters. The Morgan fingerprint density at radius 2 is 2.06 bits per heavy atom. The van der Waals surface area contributed by atoms with Crippen molar-refractivity contribution >= 4 is 17.0 Å². The summed E-state index contributed by atoms with van der Waals surface area (Å²) in [6, 6.07) is 13.6. The lowest BCUT2D eigenvalue weighted by Crippen LogP contribution is -2.16. The number of benzene rings is 1. The van der Waals surface area contributed by atoms with Crippen molar-refractivity contribution in [3.8, 4) is 0 Å². The Balaban J connectivity index is 1.88. The molecule has 0 aliphatic carbocycles. The van der Waals surface area contributed by atoms with Crippen molar-refractivity contribution in [1.29, 1.82) is 0 Å². The highest BCUT2D eigenvalue weighted by Gasteiger charge is 2.19. The van der Waals surface area contributed by atoms with Crippen LogP contribution < -0.4 is 5.32 Å². The third-order valence-electron chi connectivity index (χ3n) is 3.15. The summed E-state index contributed by atoms with van der Waals surface area (Å²) >= 11 is 1.91. The molecule has 2 heteroatoms. The molecule has 1 aliphatic heterocycles. The van der Waals surface area contributed by atoms with Gasteiger partial charge in [-0.1, -0.05) is 18.2 Å². The summed E-state index contributed by atoms with van der Waals surface area (Å²) in [4.78, 5) is 2.86. The van der Waals surface area contributed by atoms with Crippen molar-refractivity contribution in [2.45, 2.75) is 25.8 Å². The Labute approximate surface area is 100 Å². The van der Waals surface area contributed by atoms with Gasteiger partial charge >= 0.3 is 0 Å². The van der Waals surface area contributed by atoms with Gasteiger partial charge in [0.2, 0.25) is 0 Å². The number of nitrogens with one attached hydrogen (secondary N) is 1. The smallest absolute Gasteiger partial charge is 0.0610 e. The van der Waals surface area contributed by atoms with Gasteiger partial charge < -0.3 is 5.32 Å². The Kier molecular flexibility index (Phi) is 2.44. The third-order valence-corrected chi connectivity index (χ3v) is 4.27. The van der Waals surface area contributed by atoms with Crippen LogP contribution in [0.4, 0.5) is 5.69 Å². The summed E-state index contributed by atoms with van der Waals surface area (Å²) in [5.41, 5.74) is 2.76. The average molecular weight is 229 g/mol. The van der Waals surface area contributed by atoms with E-state index in [9.17, 15) is 0 Å². The van der Waals surface area contributed by atoms with E-state index < -0.39 is 0 Å². The molecule has 0 fully saturated rings. The molecule has 0 radical (unpaired) electrons. The Hall–Kier alpha value is -1.28. The number of aryl methyl sites for hydroxylation is 2. The van der Waals surface area contributed by atoms with Crippen molar-refractivity contribution in [1.82, 2.24) is 0 Å². The molecule has 1 aromatic carbocycles. The zero-order valence-electron chi connectivity index (χ0n) is 9.36. The van der Waals surface area contributed by atoms with E-state index in [1.807, 2.05) is 11.3 Å². The topological polar surface area (TPSA) is 12.0 Å². The molecule has 1 aromatic heterocycles. The quantitative estimate of drug-likeness (QED) is 0.774. The molecular formula is C14H15NS. The number of hydrogen-bond donors (Lipinski definition) is 1. The van der Waals surface area contributed by atoms with Gasteiger partial charge in [-0.25, -0.2) is 0 Å². The van der Waals surface area contributed by atoms with E-state index in [0.29, 0.717) is 6.04 Å². The molecule has 0 saturated heterocycles. The number of fused-ring (bicyclic) bond motifs is 1. The Bertz CT molecular complexity index is 501. The average Bonchev–Trinajstić information content (AvgIpc) is 2.75. The third kappa shape index (κ3) is 1.74. The molecule has 1 aliphatic rings. The molecule has 0 bridgehead atoms. The molecular weight excluding hydrogens is 214 g/mol. The zero-order valence-corrected chi connectivity index (χ0v) is 10.2. The molecule has 3 rings (SSSR count). The Morgan fingerprint density at radius 3 is 2.88 bits per heavy atom. The minimum Gasteiger partial charge on any atom is -0.377 e. The zero-order chi connectivity index (χ0) is 11.0. The van der Waals surface area contributed by atoms with Gasteiger partial charge in [0.25, 0.3) is 0 Å². The van der Waals surface area contributed by atoms with Crippen LogP contribution in [0.15, 0.2) is 36.4 Å². The van der Waals surface area contributed by atoms with E-state index in [4.69, 9.17) is 0 Å². The van der Waals surface area contributed by atoms with Crippen molar-refractivity contribution in [3.63, 3.8) is 0 Å². The second kappa shape index (κ2) is 3.95. The summed E-state index contributed by atoms with van der Waals surface area (Å²) < 4.78 is 0. The van der Waals surface area contributed by atoms with E-state index in [1.165, 1.54) is 33.8 Å². The van der Waals surface area contributed by atoms with Gasteiger partial charge in [0.05, 0.1) is 6.04 Å². The number of anilines is 1. The van der Waals surface area contributed by atoms with Gasteiger partial charge in [0.1, 0.15) is 0 Å². The summed E-state index contributed by atoms with van der Waals surface area (Å²) in [5.74, 6) is 0. The van der Waals surface area contributed by atoms with Crippen molar-refractivity contribution < 1.29 is 0 Å². The fraction of sp³-hybridized carbons (Fsp3) is 0.286. The first-order valence-electron chi connectivity index (χ1n) is 5.74. The van der Waals surface area contributed by atoms with E-state index in [0.717, 1.165) is 0 Å². The van der Waals surface area contributed by atoms with E-state index >= 15 is 0 Å². The predicted molar refractivity (Wildman–Crippen MR) is 70.2 cm³/mol. The van der Waals surface area contributed by atoms with Gasteiger partial charge in [-0.2, -0.15) is 0 Å². The SMILES string of the molecule is Cc1ccc(C2CCc3ccccc3N2)s1. The van der Waals surface area contributed by atoms with Crippen LogP contribution in [0.3, 0.4) is 0 Å². The molecule has 0 amide bonds. The number of para-hydroxylation sites is 1. The van der Waals surface area contributed by atoms with Crippen LogP contribution in [-0.4, -0.2) is 0 Å². The monoisotopic (exact) mass is 229 g/mol. The molecule has 82 valence electrons. The number of thiophene rings is 1. The largest absolute Gasteiger partial charge is 0.377 e. The lowest BCUT2D eigenvalue weighted by molar-refractivity contribution is 0.678. The molecule has 2 aromatic rings. The summed E-state index contributed by atoms with van der Waals surface area (Å²) in [6.45, 7) is 2.17. The molecule has 0 saturated carbocycles. The number of rotatable bonds is 1. The minimum atomic E-state index is 0.508. The van der Waals surface area contributed by atoms with Crippen LogP contribution in [-0.2, 0) is 6.42 Å². The van der Waals surface area contributed by atoms with Gasteiger partial charge in [-0.15, -0.1) is 11.3 Å². The lowest BCUT2D eigenvalue weighted by atomic mass is 9.97. The highest BCUT2D eigenvalue weighted by molar-refractivity contribution is 7.12. The second-order valence-corrected chi connectivity index (χ2v) is 5.66. The molecule has 1 nitrogen and oxygen atoms in total. The van der Waals surface area contributed by atoms with Crippen LogP contribution in [0.1, 0.15) is 27.8 Å². The van der Waals surface area contributed by atoms with Crippen molar-refractivity contribution in [2.24, 2.45) is 0 Å². The first-order chi connectivity index (χ1) is 7.83. The summed E-state index contributed by atoms with van der Waals surface area (Å²) in [6.07, 6.45) is 2.39. The molecule has 0 spiro atoms. The summed E-state index contributed by atoms with van der Waals surface area (Å²) in [7, 11) is 0. The van der Waals surface area contributed by atoms with E-state index in [-0.39, 0.29) is 0 Å². The van der Waals surface area contributed by atoms with Crippen LogP contribution in [0, 0.1) is 6.92 Å². The molecule has 1 N–H and O–H groups in total. The maximum absolute atomic E-state index is 3.64. The van der Waals surface area contributed by atoms with Crippen LogP contribution in [0.25, 0.3) is 0 Å². The highest BCUT2D eigenvalue weighted by atomic mass is 32.1. The maximum Gasteiger partial charge on any atom is 0.0610 e. The standard InChI is InChI=1S/C14H15NS/c1-10-6-9-14(16-10)13-8-7-11-4-2-3-5-12(11)15-13/h2-6,9,13,15H,7-8H2,1H3. The fourth-order valence-corrected chi connectivity index (χ4v) is 3.26. The van der Waals surface area contributed by atoms with Gasteiger partial charge in [0.15, 0.2) is 0 Å². The maximum atomic E-state index is 3.64. The van der Waals surface area contributed by atoms with E-state index in [2.05, 4.69) is 48.6 Å². The molecule has 2 heterocycles. The van der Waals surface area contributed by atoms with Crippen molar-refractivity contribution in [2.75, 3.05) is 5.32 Å². The second-order valence-electron chi connectivity index (χ2n) is 4.34. The van der Waals surface area contributed by atoms with E-state index in [1.54, 1.807) is 0 Å². The molecule has 1 unspecified atom stereocenters. The Morgan fingerprint density at radius 1 is 1.19 bits per heavy atom. The van der Waals surface area contributed by atoms with Crippen LogP contribution >= 0.6 is 11.3 Å². The normalized spacial score (nSPS) is 18.9. The molecule has 16 heavy (non-hydrogen) atoms. The number of hydrogen-bond acceptors (Lipinski definition) is 2. The predicted octanol–water partition coefficient (Wildman–Crippen LogP) is 4.16. The fourth-order valence-electron chi connectivity index (χ4n) is 2.29. The highest BCUT2D eigenvalue weighted by Crippen LogP contribution is 2.35. The summed E-state index contributed by atoms with van der Waals surface area (Å²) in [5, 5.41) is 3.64. The van der Waals surface area contributed by atoms with Crippen LogP contribution in [0.2, 0.25) is 0 Å². The lowest BCUT2D eigenvalue weighted by Gasteiger charge is -2.26. The van der Waals surface area contributed by atoms with Gasteiger partial charge in [-0.05, 0) is 43.5 Å². The van der Waals surface area contributed by atoms with Gasteiger partial charge in [0, 0.05) is 15.4 Å². The first kappa shape index (κ1) is 9.91. The minimum absolute atomic E-state index is 0.508. The van der Waals surface area contributed by atoms with Crippen molar-refractivity contribution in [3.05, 3.63) is 51.7 Å². The van der Waals surface area contributed by atoms with Gasteiger partial charge in [-0.3, -0.25) is 0 Å².